The van der Waals surface area contributed by atoms with Crippen LogP contribution in [0, 0.1) is 12.7 Å². The highest BCUT2D eigenvalue weighted by Crippen LogP contribution is 2.31. The Morgan fingerprint density at radius 1 is 1.11 bits per heavy atom. The van der Waals surface area contributed by atoms with Crippen molar-refractivity contribution in [1.82, 2.24) is 5.32 Å². The Kier molecular flexibility index (Phi) is 4.00. The minimum absolute atomic E-state index is 0.236. The Morgan fingerprint density at radius 2 is 1.83 bits per heavy atom. The number of benzene rings is 2. The summed E-state index contributed by atoms with van der Waals surface area (Å²) in [4.78, 5) is 0. The number of halogens is 2. The van der Waals surface area contributed by atoms with Crippen molar-refractivity contribution >= 4 is 11.6 Å². The Morgan fingerprint density at radius 3 is 2.44 bits per heavy atom. The summed E-state index contributed by atoms with van der Waals surface area (Å²) in [6.45, 7) is 2.01. The molecular formula is C15H15ClFN. The summed E-state index contributed by atoms with van der Waals surface area (Å²) in [5.74, 6) is -0.287. The van der Waals surface area contributed by atoms with E-state index < -0.39 is 0 Å². The van der Waals surface area contributed by atoms with Crippen LogP contribution in [-0.2, 0) is 0 Å². The summed E-state index contributed by atoms with van der Waals surface area (Å²) in [6, 6.07) is 12.4. The van der Waals surface area contributed by atoms with Crippen LogP contribution in [0.1, 0.15) is 22.7 Å². The van der Waals surface area contributed by atoms with Crippen LogP contribution in [0.2, 0.25) is 5.02 Å². The fourth-order valence-electron chi connectivity index (χ4n) is 2.15. The predicted octanol–water partition coefficient (Wildman–Crippen LogP) is 4.10. The van der Waals surface area contributed by atoms with Crippen LogP contribution in [0.5, 0.6) is 0 Å². The van der Waals surface area contributed by atoms with Gasteiger partial charge in [0.1, 0.15) is 5.82 Å². The molecule has 1 N–H and O–H groups in total. The molecular weight excluding hydrogens is 249 g/mol. The third-order valence-electron chi connectivity index (χ3n) is 3.08. The van der Waals surface area contributed by atoms with Crippen molar-refractivity contribution in [2.75, 3.05) is 7.05 Å². The topological polar surface area (TPSA) is 12.0 Å². The van der Waals surface area contributed by atoms with Crippen molar-refractivity contribution in [3.8, 4) is 0 Å². The van der Waals surface area contributed by atoms with Gasteiger partial charge in [-0.1, -0.05) is 41.9 Å². The lowest BCUT2D eigenvalue weighted by Crippen LogP contribution is -2.20. The van der Waals surface area contributed by atoms with Crippen molar-refractivity contribution in [2.45, 2.75) is 13.0 Å². The first-order valence-corrected chi connectivity index (χ1v) is 6.19. The second-order valence-electron chi connectivity index (χ2n) is 4.21. The molecule has 3 heteroatoms. The third kappa shape index (κ3) is 2.40. The average Bonchev–Trinajstić information content (AvgIpc) is 2.35. The fourth-order valence-corrected chi connectivity index (χ4v) is 2.42. The highest BCUT2D eigenvalue weighted by atomic mass is 35.5. The Balaban J connectivity index is 2.56. The average molecular weight is 264 g/mol. The second kappa shape index (κ2) is 5.51. The highest BCUT2D eigenvalue weighted by Gasteiger charge is 2.20. The molecule has 2 aromatic rings. The lowest BCUT2D eigenvalue weighted by molar-refractivity contribution is 0.575. The Hall–Kier alpha value is -1.38. The molecule has 2 rings (SSSR count). The van der Waals surface area contributed by atoms with Gasteiger partial charge >= 0.3 is 0 Å². The maximum absolute atomic E-state index is 14.0. The van der Waals surface area contributed by atoms with Gasteiger partial charge in [0.2, 0.25) is 0 Å². The fraction of sp³-hybridized carbons (Fsp3) is 0.200. The number of nitrogens with one attached hydrogen (secondary N) is 1. The van der Waals surface area contributed by atoms with E-state index in [1.165, 1.54) is 6.07 Å². The van der Waals surface area contributed by atoms with E-state index in [0.717, 1.165) is 11.1 Å². The van der Waals surface area contributed by atoms with Gasteiger partial charge in [0, 0.05) is 10.6 Å². The summed E-state index contributed by atoms with van der Waals surface area (Å²) in [6.07, 6.45) is 0. The van der Waals surface area contributed by atoms with Crippen LogP contribution in [0.15, 0.2) is 42.5 Å². The molecule has 1 unspecified atom stereocenters. The first-order valence-electron chi connectivity index (χ1n) is 5.82. The molecule has 0 heterocycles. The summed E-state index contributed by atoms with van der Waals surface area (Å²) in [7, 11) is 1.81. The van der Waals surface area contributed by atoms with Gasteiger partial charge in [-0.05, 0) is 37.2 Å². The zero-order valence-electron chi connectivity index (χ0n) is 10.4. The lowest BCUT2D eigenvalue weighted by atomic mass is 9.95. The van der Waals surface area contributed by atoms with E-state index in [9.17, 15) is 4.39 Å². The van der Waals surface area contributed by atoms with Crippen LogP contribution in [-0.4, -0.2) is 7.05 Å². The third-order valence-corrected chi connectivity index (χ3v) is 3.41. The zero-order valence-corrected chi connectivity index (χ0v) is 11.1. The standard InChI is InChI=1S/C15H15ClFN/c1-10-6-3-4-7-11(10)15(18-2)14-12(16)8-5-9-13(14)17/h3-9,15,18H,1-2H3. The molecule has 0 spiro atoms. The Labute approximate surface area is 112 Å². The monoisotopic (exact) mass is 263 g/mol. The van der Waals surface area contributed by atoms with Gasteiger partial charge in [0.05, 0.1) is 6.04 Å². The number of hydrogen-bond acceptors (Lipinski definition) is 1. The van der Waals surface area contributed by atoms with E-state index in [4.69, 9.17) is 11.6 Å². The van der Waals surface area contributed by atoms with Gasteiger partial charge in [-0.2, -0.15) is 0 Å². The smallest absolute Gasteiger partial charge is 0.129 e. The van der Waals surface area contributed by atoms with E-state index in [-0.39, 0.29) is 11.9 Å². The van der Waals surface area contributed by atoms with Crippen LogP contribution >= 0.6 is 11.6 Å². The van der Waals surface area contributed by atoms with Gasteiger partial charge in [-0.15, -0.1) is 0 Å². The molecule has 0 aliphatic carbocycles. The molecule has 0 saturated carbocycles. The number of rotatable bonds is 3. The normalized spacial score (nSPS) is 12.4. The molecule has 94 valence electrons. The van der Waals surface area contributed by atoms with Gasteiger partial charge < -0.3 is 5.32 Å². The summed E-state index contributed by atoms with van der Waals surface area (Å²) in [5.41, 5.74) is 2.64. The van der Waals surface area contributed by atoms with Crippen molar-refractivity contribution in [3.05, 3.63) is 70.0 Å². The minimum atomic E-state index is -0.287. The minimum Gasteiger partial charge on any atom is -0.309 e. The van der Waals surface area contributed by atoms with Gasteiger partial charge in [-0.3, -0.25) is 0 Å². The van der Waals surface area contributed by atoms with Crippen molar-refractivity contribution in [1.29, 1.82) is 0 Å². The van der Waals surface area contributed by atoms with Gasteiger partial charge in [0.25, 0.3) is 0 Å². The second-order valence-corrected chi connectivity index (χ2v) is 4.62. The van der Waals surface area contributed by atoms with E-state index in [1.54, 1.807) is 19.2 Å². The van der Waals surface area contributed by atoms with Crippen molar-refractivity contribution in [2.24, 2.45) is 0 Å². The van der Waals surface area contributed by atoms with Crippen LogP contribution in [0.25, 0.3) is 0 Å². The molecule has 18 heavy (non-hydrogen) atoms. The first-order chi connectivity index (χ1) is 8.65. The summed E-state index contributed by atoms with van der Waals surface area (Å²) < 4.78 is 14.0. The van der Waals surface area contributed by atoms with Gasteiger partial charge in [-0.25, -0.2) is 4.39 Å². The molecule has 0 aromatic heterocycles. The quantitative estimate of drug-likeness (QED) is 0.879. The molecule has 0 fully saturated rings. The summed E-state index contributed by atoms with van der Waals surface area (Å²) >= 11 is 6.13. The SMILES string of the molecule is CNC(c1ccccc1C)c1c(F)cccc1Cl. The van der Waals surface area contributed by atoms with E-state index >= 15 is 0 Å². The number of aryl methyl sites for hydroxylation is 1. The zero-order chi connectivity index (χ0) is 13.1. The van der Waals surface area contributed by atoms with E-state index in [2.05, 4.69) is 5.32 Å². The molecule has 1 atom stereocenters. The summed E-state index contributed by atoms with van der Waals surface area (Å²) in [5, 5.41) is 3.57. The predicted molar refractivity (Wildman–Crippen MR) is 73.5 cm³/mol. The molecule has 0 radical (unpaired) electrons. The first kappa shape index (κ1) is 13.1. The number of hydrogen-bond donors (Lipinski definition) is 1. The molecule has 1 nitrogen and oxygen atoms in total. The van der Waals surface area contributed by atoms with E-state index in [1.807, 2.05) is 31.2 Å². The van der Waals surface area contributed by atoms with Gasteiger partial charge in [0.15, 0.2) is 0 Å². The molecule has 0 bridgehead atoms. The Bertz CT molecular complexity index is 534. The van der Waals surface area contributed by atoms with Crippen molar-refractivity contribution < 1.29 is 4.39 Å². The molecule has 0 amide bonds. The van der Waals surface area contributed by atoms with Crippen LogP contribution in [0.4, 0.5) is 4.39 Å². The molecule has 0 saturated heterocycles. The molecule has 0 aliphatic rings. The van der Waals surface area contributed by atoms with Crippen LogP contribution in [0.3, 0.4) is 0 Å². The van der Waals surface area contributed by atoms with E-state index in [0.29, 0.717) is 10.6 Å². The highest BCUT2D eigenvalue weighted by molar-refractivity contribution is 6.31. The molecule has 0 aliphatic heterocycles. The molecule has 2 aromatic carbocycles. The maximum atomic E-state index is 14.0. The van der Waals surface area contributed by atoms with Crippen molar-refractivity contribution in [3.63, 3.8) is 0 Å². The lowest BCUT2D eigenvalue weighted by Gasteiger charge is -2.21. The van der Waals surface area contributed by atoms with Crippen LogP contribution < -0.4 is 5.32 Å². The maximum Gasteiger partial charge on any atom is 0.129 e. The largest absolute Gasteiger partial charge is 0.309 e.